The molecule has 1 aromatic carbocycles. The lowest BCUT2D eigenvalue weighted by Gasteiger charge is -2.56. The van der Waals surface area contributed by atoms with Gasteiger partial charge in [0.1, 0.15) is 11.9 Å². The molecule has 0 radical (unpaired) electrons. The SMILES string of the molecule is C[C@H]1CN(c2ccc(N3CC4(COC4)C3)c(F)c2)C(=O)O1. The Bertz CT molecular complexity index is 595. The summed E-state index contributed by atoms with van der Waals surface area (Å²) in [6.07, 6.45) is -0.571. The molecular formula is C15H17FN2O3. The Hall–Kier alpha value is -1.82. The molecule has 0 N–H and O–H groups in total. The molecule has 112 valence electrons. The van der Waals surface area contributed by atoms with Gasteiger partial charge in [-0.05, 0) is 25.1 Å². The van der Waals surface area contributed by atoms with Crippen LogP contribution >= 0.6 is 0 Å². The third-order valence-corrected chi connectivity index (χ3v) is 4.41. The van der Waals surface area contributed by atoms with Crippen molar-refractivity contribution < 1.29 is 18.7 Å². The molecule has 0 unspecified atom stereocenters. The Balaban J connectivity index is 1.52. The number of rotatable bonds is 2. The quantitative estimate of drug-likeness (QED) is 0.836. The predicted octanol–water partition coefficient (Wildman–Crippen LogP) is 2.01. The highest BCUT2D eigenvalue weighted by molar-refractivity contribution is 5.90. The smallest absolute Gasteiger partial charge is 0.414 e. The molecule has 1 spiro atoms. The van der Waals surface area contributed by atoms with Crippen molar-refractivity contribution in [3.05, 3.63) is 24.0 Å². The summed E-state index contributed by atoms with van der Waals surface area (Å²) >= 11 is 0. The van der Waals surface area contributed by atoms with Crippen molar-refractivity contribution in [1.82, 2.24) is 0 Å². The van der Waals surface area contributed by atoms with Gasteiger partial charge in [0.2, 0.25) is 0 Å². The van der Waals surface area contributed by atoms with Crippen molar-refractivity contribution in [3.8, 4) is 0 Å². The van der Waals surface area contributed by atoms with Gasteiger partial charge in [0.25, 0.3) is 0 Å². The molecular weight excluding hydrogens is 275 g/mol. The summed E-state index contributed by atoms with van der Waals surface area (Å²) < 4.78 is 24.6. The minimum Gasteiger partial charge on any atom is -0.444 e. The van der Waals surface area contributed by atoms with Crippen LogP contribution in [0.25, 0.3) is 0 Å². The first-order valence-corrected chi connectivity index (χ1v) is 7.17. The number of nitrogens with zero attached hydrogens (tertiary/aromatic N) is 2. The molecule has 1 aromatic rings. The summed E-state index contributed by atoms with van der Waals surface area (Å²) in [6, 6.07) is 4.93. The van der Waals surface area contributed by atoms with Crippen LogP contribution in [0, 0.1) is 11.2 Å². The normalized spacial score (nSPS) is 26.6. The molecule has 3 fully saturated rings. The van der Waals surface area contributed by atoms with E-state index in [1.165, 1.54) is 11.0 Å². The molecule has 1 atom stereocenters. The topological polar surface area (TPSA) is 42.0 Å². The standard InChI is InChI=1S/C15H17FN2O3/c1-10-5-18(14(19)21-10)11-2-3-13(12(16)4-11)17-6-15(7-17)8-20-9-15/h2-4,10H,5-9H2,1H3/t10-/m0/s1. The van der Waals surface area contributed by atoms with Crippen molar-refractivity contribution in [2.24, 2.45) is 5.41 Å². The molecule has 3 aliphatic rings. The fraction of sp³-hybridized carbons (Fsp3) is 0.533. The van der Waals surface area contributed by atoms with Gasteiger partial charge in [0.15, 0.2) is 0 Å². The Kier molecular flexibility index (Phi) is 2.66. The van der Waals surface area contributed by atoms with E-state index in [-0.39, 0.29) is 17.3 Å². The zero-order valence-corrected chi connectivity index (χ0v) is 11.8. The highest BCUT2D eigenvalue weighted by atomic mass is 19.1. The highest BCUT2D eigenvalue weighted by Gasteiger charge is 2.49. The lowest BCUT2D eigenvalue weighted by atomic mass is 9.78. The Morgan fingerprint density at radius 1 is 1.33 bits per heavy atom. The van der Waals surface area contributed by atoms with Gasteiger partial charge in [0.05, 0.1) is 36.5 Å². The van der Waals surface area contributed by atoms with E-state index in [0.717, 1.165) is 26.3 Å². The number of carbonyl (C=O) groups excluding carboxylic acids is 1. The number of ether oxygens (including phenoxy) is 2. The maximum atomic E-state index is 14.3. The van der Waals surface area contributed by atoms with Crippen molar-refractivity contribution in [3.63, 3.8) is 0 Å². The third-order valence-electron chi connectivity index (χ3n) is 4.41. The fourth-order valence-electron chi connectivity index (χ4n) is 3.24. The minimum absolute atomic E-state index is 0.158. The molecule has 21 heavy (non-hydrogen) atoms. The zero-order valence-electron chi connectivity index (χ0n) is 11.8. The van der Waals surface area contributed by atoms with Crippen molar-refractivity contribution in [2.75, 3.05) is 42.6 Å². The Labute approximate surface area is 122 Å². The maximum Gasteiger partial charge on any atom is 0.414 e. The summed E-state index contributed by atoms with van der Waals surface area (Å²) in [5.74, 6) is -0.296. The molecule has 0 aliphatic carbocycles. The van der Waals surface area contributed by atoms with E-state index in [1.807, 2.05) is 11.8 Å². The summed E-state index contributed by atoms with van der Waals surface area (Å²) in [7, 11) is 0. The summed E-state index contributed by atoms with van der Waals surface area (Å²) in [5.41, 5.74) is 1.39. The van der Waals surface area contributed by atoms with Crippen LogP contribution in [0.3, 0.4) is 0 Å². The molecule has 0 bridgehead atoms. The fourth-order valence-corrected chi connectivity index (χ4v) is 3.24. The second kappa shape index (κ2) is 4.34. The monoisotopic (exact) mass is 292 g/mol. The van der Waals surface area contributed by atoms with Gasteiger partial charge in [-0.3, -0.25) is 4.90 Å². The molecule has 1 amide bonds. The van der Waals surface area contributed by atoms with Gasteiger partial charge in [0, 0.05) is 13.1 Å². The van der Waals surface area contributed by atoms with Gasteiger partial charge in [-0.25, -0.2) is 9.18 Å². The highest BCUT2D eigenvalue weighted by Crippen LogP contribution is 2.41. The molecule has 3 heterocycles. The average Bonchev–Trinajstić information content (AvgIpc) is 2.67. The van der Waals surface area contributed by atoms with Gasteiger partial charge in [-0.2, -0.15) is 0 Å². The van der Waals surface area contributed by atoms with E-state index in [0.29, 0.717) is 17.9 Å². The predicted molar refractivity (Wildman–Crippen MR) is 75.2 cm³/mol. The largest absolute Gasteiger partial charge is 0.444 e. The number of hydrogen-bond acceptors (Lipinski definition) is 4. The number of anilines is 2. The average molecular weight is 292 g/mol. The third kappa shape index (κ3) is 1.97. The minimum atomic E-state index is -0.413. The molecule has 0 saturated carbocycles. The molecule has 6 heteroatoms. The number of amides is 1. The molecule has 0 aromatic heterocycles. The number of halogens is 1. The zero-order chi connectivity index (χ0) is 14.6. The summed E-state index contributed by atoms with van der Waals surface area (Å²) in [5, 5.41) is 0. The van der Waals surface area contributed by atoms with Gasteiger partial charge in [-0.1, -0.05) is 0 Å². The second-order valence-electron chi connectivity index (χ2n) is 6.29. The van der Waals surface area contributed by atoms with Crippen LogP contribution in [-0.2, 0) is 9.47 Å². The van der Waals surface area contributed by atoms with Crippen LogP contribution in [0.2, 0.25) is 0 Å². The molecule has 4 rings (SSSR count). The van der Waals surface area contributed by atoms with E-state index < -0.39 is 6.09 Å². The van der Waals surface area contributed by atoms with Crippen LogP contribution in [0.1, 0.15) is 6.92 Å². The van der Waals surface area contributed by atoms with E-state index in [9.17, 15) is 9.18 Å². The number of carbonyl (C=O) groups is 1. The second-order valence-corrected chi connectivity index (χ2v) is 6.29. The van der Waals surface area contributed by atoms with Crippen molar-refractivity contribution >= 4 is 17.5 Å². The van der Waals surface area contributed by atoms with Crippen molar-refractivity contribution in [1.29, 1.82) is 0 Å². The lowest BCUT2D eigenvalue weighted by molar-refractivity contribution is -0.127. The number of hydrogen-bond donors (Lipinski definition) is 0. The number of benzene rings is 1. The Morgan fingerprint density at radius 3 is 2.62 bits per heavy atom. The Morgan fingerprint density at radius 2 is 2.10 bits per heavy atom. The van der Waals surface area contributed by atoms with E-state index >= 15 is 0 Å². The van der Waals surface area contributed by atoms with Crippen LogP contribution in [0.5, 0.6) is 0 Å². The first-order chi connectivity index (χ1) is 10.1. The van der Waals surface area contributed by atoms with Crippen molar-refractivity contribution in [2.45, 2.75) is 13.0 Å². The first kappa shape index (κ1) is 12.9. The van der Waals surface area contributed by atoms with Gasteiger partial charge in [-0.15, -0.1) is 0 Å². The van der Waals surface area contributed by atoms with E-state index in [2.05, 4.69) is 0 Å². The lowest BCUT2D eigenvalue weighted by Crippen LogP contribution is -2.66. The van der Waals surface area contributed by atoms with E-state index in [4.69, 9.17) is 9.47 Å². The molecule has 3 saturated heterocycles. The number of cyclic esters (lactones) is 1. The molecule has 3 aliphatic heterocycles. The molecule has 5 nitrogen and oxygen atoms in total. The van der Waals surface area contributed by atoms with Gasteiger partial charge < -0.3 is 14.4 Å². The van der Waals surface area contributed by atoms with Crippen LogP contribution in [0.15, 0.2) is 18.2 Å². The summed E-state index contributed by atoms with van der Waals surface area (Å²) in [6.45, 7) is 5.52. The van der Waals surface area contributed by atoms with Crippen LogP contribution < -0.4 is 9.80 Å². The summed E-state index contributed by atoms with van der Waals surface area (Å²) in [4.78, 5) is 15.2. The van der Waals surface area contributed by atoms with Crippen LogP contribution in [0.4, 0.5) is 20.6 Å². The van der Waals surface area contributed by atoms with Gasteiger partial charge >= 0.3 is 6.09 Å². The van der Waals surface area contributed by atoms with Crippen LogP contribution in [-0.4, -0.2) is 45.0 Å². The maximum absolute atomic E-state index is 14.3. The first-order valence-electron chi connectivity index (χ1n) is 7.17. The van der Waals surface area contributed by atoms with E-state index in [1.54, 1.807) is 12.1 Å².